The number of benzene rings is 10. The van der Waals surface area contributed by atoms with Crippen LogP contribution < -0.4 is 14.5 Å². The Kier molecular flexibility index (Phi) is 8.39. The molecule has 0 bridgehead atoms. The smallest absolute Gasteiger partial charge is 0.132 e. The topological polar surface area (TPSA) is 15.7 Å². The number of ether oxygens (including phenoxy) is 1. The fraction of sp³-hybridized carbons (Fsp3) is 0.0169. The first-order valence-electron chi connectivity index (χ1n) is 21.3. The summed E-state index contributed by atoms with van der Waals surface area (Å²) < 4.78 is 6.71. The third kappa shape index (κ3) is 5.59. The molecule has 10 aromatic rings. The summed E-state index contributed by atoms with van der Waals surface area (Å²) in [4.78, 5) is 4.74. The summed E-state index contributed by atoms with van der Waals surface area (Å²) in [5.41, 5.74) is 15.6. The first-order chi connectivity index (χ1) is 30.8. The minimum Gasteiger partial charge on any atom is -0.457 e. The van der Waals surface area contributed by atoms with Gasteiger partial charge in [0, 0.05) is 45.1 Å². The quantitative estimate of drug-likeness (QED) is 0.160. The monoisotopic (exact) mass is 792 g/mol. The number of nitrogens with zero attached hydrogens (tertiary/aromatic N) is 2. The Morgan fingerprint density at radius 3 is 1.34 bits per heavy atom. The molecule has 0 saturated carbocycles. The Bertz CT molecular complexity index is 3150. The van der Waals surface area contributed by atoms with Gasteiger partial charge in [0.1, 0.15) is 11.5 Å². The first kappa shape index (κ1) is 35.8. The maximum Gasteiger partial charge on any atom is 0.132 e. The van der Waals surface area contributed by atoms with Crippen molar-refractivity contribution < 1.29 is 4.74 Å². The van der Waals surface area contributed by atoms with Crippen molar-refractivity contribution in [3.05, 3.63) is 265 Å². The van der Waals surface area contributed by atoms with E-state index in [4.69, 9.17) is 4.74 Å². The van der Waals surface area contributed by atoms with E-state index in [9.17, 15) is 0 Å². The van der Waals surface area contributed by atoms with E-state index in [-0.39, 0.29) is 0 Å². The standard InChI is InChI=1S/C59H40N2O/c1-5-19-44(20-6-1)60(45-21-7-2-8-22-45)48-36-35-41-37-43(34-33-42(41)38-48)50-39-55-51(40-56(50)61(46-23-9-3-10-24-46)47-25-11-4-12-26-47)49-27-13-14-28-52(49)59(55)53-29-15-17-31-57(53)62-58-32-18-16-30-54(58)59/h1-40H. The van der Waals surface area contributed by atoms with Crippen LogP contribution in [0, 0.1) is 0 Å². The second-order valence-corrected chi connectivity index (χ2v) is 16.1. The summed E-state index contributed by atoms with van der Waals surface area (Å²) in [5.74, 6) is 1.77. The average Bonchev–Trinajstić information content (AvgIpc) is 3.62. The molecule has 0 amide bonds. The van der Waals surface area contributed by atoms with Crippen molar-refractivity contribution in [1.82, 2.24) is 0 Å². The number of hydrogen-bond donors (Lipinski definition) is 0. The maximum absolute atomic E-state index is 6.71. The summed E-state index contributed by atoms with van der Waals surface area (Å²) in [6.45, 7) is 0. The minimum atomic E-state index is -0.598. The third-order valence-corrected chi connectivity index (χ3v) is 12.7. The lowest BCUT2D eigenvalue weighted by atomic mass is 9.66. The fourth-order valence-electron chi connectivity index (χ4n) is 10.0. The van der Waals surface area contributed by atoms with Crippen molar-refractivity contribution in [2.45, 2.75) is 5.41 Å². The van der Waals surface area contributed by atoms with Crippen molar-refractivity contribution in [2.24, 2.45) is 0 Å². The van der Waals surface area contributed by atoms with Crippen molar-refractivity contribution in [3.8, 4) is 33.8 Å². The highest BCUT2D eigenvalue weighted by Crippen LogP contribution is 2.63. The SMILES string of the molecule is c1ccc(N(c2ccccc2)c2ccc3cc(-c4cc5c(cc4N(c4ccccc4)c4ccccc4)-c4ccccc4C54c5ccccc5Oc5ccccc54)ccc3c2)cc1. The van der Waals surface area contributed by atoms with Gasteiger partial charge >= 0.3 is 0 Å². The highest BCUT2D eigenvalue weighted by molar-refractivity contribution is 6.00. The van der Waals surface area contributed by atoms with Crippen molar-refractivity contribution in [3.63, 3.8) is 0 Å². The van der Waals surface area contributed by atoms with Gasteiger partial charge in [-0.3, -0.25) is 0 Å². The van der Waals surface area contributed by atoms with Gasteiger partial charge in [-0.05, 0) is 130 Å². The lowest BCUT2D eigenvalue weighted by molar-refractivity contribution is 0.436. The summed E-state index contributed by atoms with van der Waals surface area (Å²) in [7, 11) is 0. The molecule has 3 nitrogen and oxygen atoms in total. The molecule has 1 heterocycles. The van der Waals surface area contributed by atoms with Gasteiger partial charge in [0.25, 0.3) is 0 Å². The lowest BCUT2D eigenvalue weighted by Crippen LogP contribution is -2.32. The molecule has 0 saturated heterocycles. The molecule has 3 heteroatoms. The van der Waals surface area contributed by atoms with E-state index in [1.807, 2.05) is 0 Å². The van der Waals surface area contributed by atoms with Crippen LogP contribution in [0.2, 0.25) is 0 Å². The van der Waals surface area contributed by atoms with E-state index < -0.39 is 5.41 Å². The first-order valence-corrected chi connectivity index (χ1v) is 21.3. The van der Waals surface area contributed by atoms with Crippen molar-refractivity contribution in [2.75, 3.05) is 9.80 Å². The van der Waals surface area contributed by atoms with E-state index in [1.54, 1.807) is 0 Å². The zero-order valence-electron chi connectivity index (χ0n) is 33.9. The van der Waals surface area contributed by atoms with Crippen molar-refractivity contribution in [1.29, 1.82) is 0 Å². The van der Waals surface area contributed by atoms with Crippen LogP contribution >= 0.6 is 0 Å². The van der Waals surface area contributed by atoms with Gasteiger partial charge in [-0.1, -0.05) is 152 Å². The van der Waals surface area contributed by atoms with E-state index in [2.05, 4.69) is 252 Å². The summed E-state index contributed by atoms with van der Waals surface area (Å²) in [6.07, 6.45) is 0. The Hall–Kier alpha value is -8.14. The number of fused-ring (bicyclic) bond motifs is 10. The second-order valence-electron chi connectivity index (χ2n) is 16.1. The molecule has 0 atom stereocenters. The molecule has 0 unspecified atom stereocenters. The Balaban J connectivity index is 1.12. The average molecular weight is 793 g/mol. The molecule has 10 aromatic carbocycles. The van der Waals surface area contributed by atoms with E-state index in [0.717, 1.165) is 67.9 Å². The predicted molar refractivity (Wildman–Crippen MR) is 256 cm³/mol. The van der Waals surface area contributed by atoms with Gasteiger partial charge in [-0.15, -0.1) is 0 Å². The summed E-state index contributed by atoms with van der Waals surface area (Å²) in [6, 6.07) is 87.6. The maximum atomic E-state index is 6.71. The molecular formula is C59H40N2O. The van der Waals surface area contributed by atoms with Gasteiger partial charge in [0.15, 0.2) is 0 Å². The molecule has 0 aromatic heterocycles. The van der Waals surface area contributed by atoms with Crippen LogP contribution in [0.5, 0.6) is 11.5 Å². The molecular weight excluding hydrogens is 753 g/mol. The summed E-state index contributed by atoms with van der Waals surface area (Å²) >= 11 is 0. The van der Waals surface area contributed by atoms with Crippen LogP contribution in [0.15, 0.2) is 243 Å². The molecule has 0 fully saturated rings. The molecule has 1 spiro atoms. The molecule has 292 valence electrons. The van der Waals surface area contributed by atoms with E-state index in [0.29, 0.717) is 0 Å². The molecule has 62 heavy (non-hydrogen) atoms. The fourth-order valence-corrected chi connectivity index (χ4v) is 10.0. The Morgan fingerprint density at radius 2 is 0.758 bits per heavy atom. The predicted octanol–water partition coefficient (Wildman–Crippen LogP) is 15.9. The normalized spacial score (nSPS) is 12.8. The molecule has 0 N–H and O–H groups in total. The lowest BCUT2D eigenvalue weighted by Gasteiger charge is -2.39. The Labute approximate surface area is 362 Å². The molecule has 1 aliphatic heterocycles. The zero-order valence-corrected chi connectivity index (χ0v) is 33.9. The van der Waals surface area contributed by atoms with Crippen LogP contribution in [0.4, 0.5) is 34.1 Å². The van der Waals surface area contributed by atoms with Gasteiger partial charge in [0.2, 0.25) is 0 Å². The summed E-state index contributed by atoms with van der Waals surface area (Å²) in [5, 5.41) is 2.34. The van der Waals surface area contributed by atoms with Gasteiger partial charge in [-0.2, -0.15) is 0 Å². The van der Waals surface area contributed by atoms with Gasteiger partial charge in [0.05, 0.1) is 11.1 Å². The van der Waals surface area contributed by atoms with E-state index in [1.165, 1.54) is 33.0 Å². The molecule has 2 aliphatic rings. The zero-order chi connectivity index (χ0) is 41.0. The van der Waals surface area contributed by atoms with Crippen LogP contribution in [0.3, 0.4) is 0 Å². The van der Waals surface area contributed by atoms with Crippen LogP contribution in [0.1, 0.15) is 22.3 Å². The van der Waals surface area contributed by atoms with Crippen LogP contribution in [-0.2, 0) is 5.41 Å². The van der Waals surface area contributed by atoms with Crippen molar-refractivity contribution >= 4 is 44.9 Å². The number of anilines is 6. The molecule has 12 rings (SSSR count). The number of para-hydroxylation sites is 6. The minimum absolute atomic E-state index is 0.598. The number of hydrogen-bond acceptors (Lipinski definition) is 3. The third-order valence-electron chi connectivity index (χ3n) is 12.7. The Morgan fingerprint density at radius 1 is 0.290 bits per heavy atom. The molecule has 0 radical (unpaired) electrons. The highest BCUT2D eigenvalue weighted by atomic mass is 16.5. The highest BCUT2D eigenvalue weighted by Gasteiger charge is 2.51. The second kappa shape index (κ2) is 14.5. The van der Waals surface area contributed by atoms with Crippen LogP contribution in [0.25, 0.3) is 33.0 Å². The van der Waals surface area contributed by atoms with Gasteiger partial charge in [-0.25, -0.2) is 0 Å². The van der Waals surface area contributed by atoms with Crippen LogP contribution in [-0.4, -0.2) is 0 Å². The molecule has 1 aliphatic carbocycles. The number of rotatable bonds is 7. The largest absolute Gasteiger partial charge is 0.457 e. The van der Waals surface area contributed by atoms with Gasteiger partial charge < -0.3 is 14.5 Å². The van der Waals surface area contributed by atoms with E-state index >= 15 is 0 Å².